The highest BCUT2D eigenvalue weighted by Gasteiger charge is 2.45. The summed E-state index contributed by atoms with van der Waals surface area (Å²) >= 11 is 0. The fourth-order valence-electron chi connectivity index (χ4n) is 5.92. The molecule has 0 unspecified atom stereocenters. The molecule has 0 saturated carbocycles. The number of carbonyl (C=O) groups is 2. The Labute approximate surface area is 219 Å². The third-order valence-electron chi connectivity index (χ3n) is 7.78. The minimum absolute atomic E-state index is 0.233. The molecule has 3 heterocycles. The fraction of sp³-hybridized carbons (Fsp3) is 0.571. The van der Waals surface area contributed by atoms with Crippen molar-refractivity contribution in [3.8, 4) is 11.4 Å². The van der Waals surface area contributed by atoms with Crippen molar-refractivity contribution >= 4 is 18.8 Å². The fourth-order valence-corrected chi connectivity index (χ4v) is 5.92. The molecule has 9 heteroatoms. The average molecular weight is 512 g/mol. The molecule has 2 aromatic rings. The number of hydrogen-bond donors (Lipinski definition) is 3. The van der Waals surface area contributed by atoms with Gasteiger partial charge in [0.15, 0.2) is 5.82 Å². The molecule has 0 atom stereocenters. The van der Waals surface area contributed by atoms with Crippen molar-refractivity contribution in [3.05, 3.63) is 41.6 Å². The molecule has 3 aliphatic rings. The Morgan fingerprint density at radius 2 is 1.57 bits per heavy atom. The SMILES string of the molecule is CC(C)Nc1nc(-c2ccccc2)nc2c1CCC21CCN(C2CCN(C)CC2)CC1.O=CO.O=CO. The molecule has 1 spiro atoms. The Balaban J connectivity index is 0.000000580. The van der Waals surface area contributed by atoms with Crippen LogP contribution >= 0.6 is 0 Å². The molecule has 0 amide bonds. The molecule has 0 radical (unpaired) electrons. The summed E-state index contributed by atoms with van der Waals surface area (Å²) in [6, 6.07) is 11.6. The molecule has 0 bridgehead atoms. The number of benzene rings is 1. The van der Waals surface area contributed by atoms with Crippen molar-refractivity contribution in [2.75, 3.05) is 38.5 Å². The number of nitrogens with one attached hydrogen (secondary N) is 1. The molecular formula is C28H41N5O4. The quantitative estimate of drug-likeness (QED) is 0.527. The maximum Gasteiger partial charge on any atom is 0.290 e. The smallest absolute Gasteiger partial charge is 0.290 e. The van der Waals surface area contributed by atoms with Crippen LogP contribution in [0, 0.1) is 0 Å². The van der Waals surface area contributed by atoms with Crippen LogP contribution in [0.2, 0.25) is 0 Å². The first-order chi connectivity index (χ1) is 17.9. The number of hydrogen-bond acceptors (Lipinski definition) is 7. The van der Waals surface area contributed by atoms with Gasteiger partial charge in [-0.3, -0.25) is 9.59 Å². The average Bonchev–Trinajstić information content (AvgIpc) is 3.24. The third-order valence-corrected chi connectivity index (χ3v) is 7.78. The predicted octanol–water partition coefficient (Wildman–Crippen LogP) is 3.74. The van der Waals surface area contributed by atoms with Gasteiger partial charge in [-0.2, -0.15) is 0 Å². The van der Waals surface area contributed by atoms with E-state index in [-0.39, 0.29) is 18.4 Å². The number of aromatic nitrogens is 2. The van der Waals surface area contributed by atoms with Crippen molar-refractivity contribution < 1.29 is 19.8 Å². The van der Waals surface area contributed by atoms with Crippen molar-refractivity contribution in [1.82, 2.24) is 19.8 Å². The van der Waals surface area contributed by atoms with Gasteiger partial charge >= 0.3 is 0 Å². The van der Waals surface area contributed by atoms with E-state index in [0.29, 0.717) is 6.04 Å². The van der Waals surface area contributed by atoms with Gasteiger partial charge in [-0.15, -0.1) is 0 Å². The van der Waals surface area contributed by atoms with Crippen molar-refractivity contribution in [2.45, 2.75) is 69.9 Å². The van der Waals surface area contributed by atoms with Crippen LogP contribution in [0.4, 0.5) is 5.82 Å². The summed E-state index contributed by atoms with van der Waals surface area (Å²) in [6.07, 6.45) is 7.44. The lowest BCUT2D eigenvalue weighted by atomic mass is 9.75. The van der Waals surface area contributed by atoms with Gasteiger partial charge in [0, 0.05) is 28.6 Å². The van der Waals surface area contributed by atoms with Gasteiger partial charge in [0.2, 0.25) is 0 Å². The molecule has 2 aliphatic heterocycles. The summed E-state index contributed by atoms with van der Waals surface area (Å²) in [5.74, 6) is 1.94. The number of fused-ring (bicyclic) bond motifs is 2. The standard InChI is InChI=1S/C26H37N5.2CH2O2/c1-19(2)27-25-22-9-12-26(23(22)28-24(29-25)20-7-5-4-6-8-20)13-17-31(18-14-26)21-10-15-30(3)16-11-21;2*2-1-3/h4-8,19,21H,9-18H2,1-3H3,(H,27,28,29);2*1H,(H,2,3). The summed E-state index contributed by atoms with van der Waals surface area (Å²) in [4.78, 5) is 32.2. The van der Waals surface area contributed by atoms with E-state index < -0.39 is 0 Å². The van der Waals surface area contributed by atoms with E-state index >= 15 is 0 Å². The monoisotopic (exact) mass is 511 g/mol. The molecule has 5 rings (SSSR count). The van der Waals surface area contributed by atoms with Crippen molar-refractivity contribution in [2.24, 2.45) is 0 Å². The number of carboxylic acid groups (broad SMARTS) is 2. The topological polar surface area (TPSA) is 119 Å². The maximum absolute atomic E-state index is 8.36. The van der Waals surface area contributed by atoms with Crippen LogP contribution in [0.5, 0.6) is 0 Å². The molecule has 202 valence electrons. The summed E-state index contributed by atoms with van der Waals surface area (Å²) < 4.78 is 0. The number of piperidine rings is 2. The number of nitrogens with zero attached hydrogens (tertiary/aromatic N) is 4. The van der Waals surface area contributed by atoms with Gasteiger partial charge in [0.05, 0.1) is 5.69 Å². The number of anilines is 1. The highest BCUT2D eigenvalue weighted by atomic mass is 16.3. The maximum atomic E-state index is 8.36. The number of rotatable bonds is 4. The Kier molecular flexibility index (Phi) is 10.4. The van der Waals surface area contributed by atoms with Crippen LogP contribution in [-0.2, 0) is 21.4 Å². The number of likely N-dealkylation sites (tertiary alicyclic amines) is 2. The van der Waals surface area contributed by atoms with Crippen LogP contribution in [-0.4, -0.2) is 88.2 Å². The molecular weight excluding hydrogens is 470 g/mol. The molecule has 2 fully saturated rings. The zero-order valence-electron chi connectivity index (χ0n) is 22.3. The van der Waals surface area contributed by atoms with E-state index in [9.17, 15) is 0 Å². The molecule has 1 aromatic heterocycles. The van der Waals surface area contributed by atoms with Crippen LogP contribution in [0.1, 0.15) is 57.2 Å². The van der Waals surface area contributed by atoms with Crippen molar-refractivity contribution in [1.29, 1.82) is 0 Å². The van der Waals surface area contributed by atoms with Crippen LogP contribution < -0.4 is 5.32 Å². The minimum Gasteiger partial charge on any atom is -0.483 e. The molecule has 2 saturated heterocycles. The lowest BCUT2D eigenvalue weighted by molar-refractivity contribution is -0.123. The van der Waals surface area contributed by atoms with Crippen LogP contribution in [0.15, 0.2) is 30.3 Å². The van der Waals surface area contributed by atoms with Crippen molar-refractivity contribution in [3.63, 3.8) is 0 Å². The first-order valence-electron chi connectivity index (χ1n) is 13.2. The summed E-state index contributed by atoms with van der Waals surface area (Å²) in [7, 11) is 2.25. The Morgan fingerprint density at radius 3 is 2.14 bits per heavy atom. The van der Waals surface area contributed by atoms with E-state index in [1.165, 1.54) is 69.5 Å². The second-order valence-corrected chi connectivity index (χ2v) is 10.4. The zero-order chi connectivity index (χ0) is 26.8. The van der Waals surface area contributed by atoms with Gasteiger partial charge in [-0.1, -0.05) is 30.3 Å². The first-order valence-corrected chi connectivity index (χ1v) is 13.2. The van der Waals surface area contributed by atoms with Crippen LogP contribution in [0.25, 0.3) is 11.4 Å². The molecule has 3 N–H and O–H groups in total. The summed E-state index contributed by atoms with van der Waals surface area (Å²) in [6.45, 7) is 8.81. The zero-order valence-corrected chi connectivity index (χ0v) is 22.3. The summed E-state index contributed by atoms with van der Waals surface area (Å²) in [5, 5.41) is 17.4. The molecule has 9 nitrogen and oxygen atoms in total. The normalized spacial score (nSPS) is 19.2. The summed E-state index contributed by atoms with van der Waals surface area (Å²) in [5.41, 5.74) is 4.06. The Bertz CT molecular complexity index is 995. The lowest BCUT2D eigenvalue weighted by Gasteiger charge is -2.44. The molecule has 1 aromatic carbocycles. The van der Waals surface area contributed by atoms with Crippen LogP contribution in [0.3, 0.4) is 0 Å². The Morgan fingerprint density at radius 1 is 0.973 bits per heavy atom. The predicted molar refractivity (Wildman–Crippen MR) is 145 cm³/mol. The van der Waals surface area contributed by atoms with Gasteiger partial charge in [-0.05, 0) is 85.6 Å². The van der Waals surface area contributed by atoms with E-state index in [1.54, 1.807) is 0 Å². The van der Waals surface area contributed by atoms with E-state index in [2.05, 4.69) is 66.3 Å². The van der Waals surface area contributed by atoms with Gasteiger partial charge < -0.3 is 25.3 Å². The Hall–Kier alpha value is -3.04. The largest absolute Gasteiger partial charge is 0.483 e. The lowest BCUT2D eigenvalue weighted by Crippen LogP contribution is -2.50. The third kappa shape index (κ3) is 7.05. The first kappa shape index (κ1) is 28.5. The molecule has 1 aliphatic carbocycles. The highest BCUT2D eigenvalue weighted by Crippen LogP contribution is 2.48. The van der Waals surface area contributed by atoms with Gasteiger partial charge in [0.1, 0.15) is 5.82 Å². The molecule has 37 heavy (non-hydrogen) atoms. The van der Waals surface area contributed by atoms with E-state index in [0.717, 1.165) is 29.7 Å². The van der Waals surface area contributed by atoms with Gasteiger partial charge in [0.25, 0.3) is 12.9 Å². The highest BCUT2D eigenvalue weighted by molar-refractivity contribution is 5.62. The van der Waals surface area contributed by atoms with E-state index in [4.69, 9.17) is 29.8 Å². The van der Waals surface area contributed by atoms with Gasteiger partial charge in [-0.25, -0.2) is 9.97 Å². The second-order valence-electron chi connectivity index (χ2n) is 10.4. The second kappa shape index (κ2) is 13.5. The van der Waals surface area contributed by atoms with E-state index in [1.807, 2.05) is 0 Å². The minimum atomic E-state index is -0.250.